The minimum absolute atomic E-state index is 0. The predicted octanol–water partition coefficient (Wildman–Crippen LogP) is 2.00. The Balaban J connectivity index is -0.00000128. The molecular formula is C13H31Cl2N3O. The molecule has 118 valence electrons. The van der Waals surface area contributed by atoms with Crippen LogP contribution in [0.5, 0.6) is 0 Å². The highest BCUT2D eigenvalue weighted by Gasteiger charge is 2.15. The Morgan fingerprint density at radius 2 is 1.58 bits per heavy atom. The lowest BCUT2D eigenvalue weighted by molar-refractivity contribution is -0.131. The summed E-state index contributed by atoms with van der Waals surface area (Å²) in [5.74, 6) is 0.633. The summed E-state index contributed by atoms with van der Waals surface area (Å²) in [5, 5.41) is 0. The fraction of sp³-hybridized carbons (Fsp3) is 0.923. The molecule has 0 aliphatic heterocycles. The first kappa shape index (κ1) is 24.0. The summed E-state index contributed by atoms with van der Waals surface area (Å²) < 4.78 is 0. The molecule has 0 fully saturated rings. The van der Waals surface area contributed by atoms with Gasteiger partial charge >= 0.3 is 0 Å². The van der Waals surface area contributed by atoms with Gasteiger partial charge in [-0.1, -0.05) is 13.8 Å². The van der Waals surface area contributed by atoms with Crippen molar-refractivity contribution < 1.29 is 4.79 Å². The zero-order valence-electron chi connectivity index (χ0n) is 13.0. The van der Waals surface area contributed by atoms with Crippen LogP contribution in [0, 0.1) is 5.92 Å². The first-order valence-corrected chi connectivity index (χ1v) is 6.45. The highest BCUT2D eigenvalue weighted by Crippen LogP contribution is 2.04. The van der Waals surface area contributed by atoms with Gasteiger partial charge in [0.2, 0.25) is 5.91 Å². The van der Waals surface area contributed by atoms with Gasteiger partial charge in [0, 0.05) is 25.7 Å². The van der Waals surface area contributed by atoms with E-state index >= 15 is 0 Å². The zero-order chi connectivity index (χ0) is 13.6. The van der Waals surface area contributed by atoms with Gasteiger partial charge < -0.3 is 10.6 Å². The van der Waals surface area contributed by atoms with Crippen molar-refractivity contribution in [2.75, 3.05) is 27.2 Å². The Hall–Kier alpha value is -0.0300. The van der Waals surface area contributed by atoms with Crippen molar-refractivity contribution in [1.82, 2.24) is 9.80 Å². The summed E-state index contributed by atoms with van der Waals surface area (Å²) in [5.41, 5.74) is 5.97. The van der Waals surface area contributed by atoms with E-state index in [-0.39, 0.29) is 36.8 Å². The molecule has 0 saturated carbocycles. The standard InChI is InChI=1S/C13H29N3O.2ClH/c1-10(2)12(14)7-8-15(5)13(17)9-16(6)11(3)4;;/h10-12H,7-9,14H2,1-6H3;2*1H. The van der Waals surface area contributed by atoms with Crippen LogP contribution in [0.2, 0.25) is 0 Å². The number of halogens is 2. The SMILES string of the molecule is CC(C)C(N)CCN(C)C(=O)CN(C)C(C)C.Cl.Cl. The van der Waals surface area contributed by atoms with E-state index < -0.39 is 0 Å². The zero-order valence-corrected chi connectivity index (χ0v) is 14.7. The van der Waals surface area contributed by atoms with Crippen LogP contribution in [0.25, 0.3) is 0 Å². The normalized spacial score (nSPS) is 12.1. The first-order chi connectivity index (χ1) is 7.75. The summed E-state index contributed by atoms with van der Waals surface area (Å²) in [6.07, 6.45) is 0.866. The van der Waals surface area contributed by atoms with Gasteiger partial charge in [-0.25, -0.2) is 0 Å². The van der Waals surface area contributed by atoms with Crippen molar-refractivity contribution in [3.63, 3.8) is 0 Å². The number of rotatable bonds is 7. The van der Waals surface area contributed by atoms with Gasteiger partial charge in [-0.05, 0) is 33.2 Å². The molecule has 1 atom stereocenters. The molecule has 0 aromatic carbocycles. The lowest BCUT2D eigenvalue weighted by Crippen LogP contribution is -2.41. The summed E-state index contributed by atoms with van der Waals surface area (Å²) in [6, 6.07) is 0.568. The van der Waals surface area contributed by atoms with Crippen LogP contribution in [0.4, 0.5) is 0 Å². The van der Waals surface area contributed by atoms with E-state index in [9.17, 15) is 4.79 Å². The molecule has 0 aliphatic carbocycles. The molecular weight excluding hydrogens is 285 g/mol. The molecule has 1 amide bonds. The van der Waals surface area contributed by atoms with Gasteiger partial charge in [0.15, 0.2) is 0 Å². The Bertz CT molecular complexity index is 238. The maximum Gasteiger partial charge on any atom is 0.236 e. The largest absolute Gasteiger partial charge is 0.345 e. The van der Waals surface area contributed by atoms with Crippen LogP contribution in [0.1, 0.15) is 34.1 Å². The average Bonchev–Trinajstić information content (AvgIpc) is 2.24. The maximum absolute atomic E-state index is 11.9. The molecule has 6 heteroatoms. The van der Waals surface area contributed by atoms with Crippen LogP contribution in [-0.2, 0) is 4.79 Å². The van der Waals surface area contributed by atoms with Gasteiger partial charge in [0.1, 0.15) is 0 Å². The molecule has 2 N–H and O–H groups in total. The third-order valence-electron chi connectivity index (χ3n) is 3.35. The number of hydrogen-bond acceptors (Lipinski definition) is 3. The van der Waals surface area contributed by atoms with Crippen LogP contribution in [-0.4, -0.2) is 55.0 Å². The quantitative estimate of drug-likeness (QED) is 0.781. The second kappa shape index (κ2) is 11.8. The first-order valence-electron chi connectivity index (χ1n) is 6.45. The van der Waals surface area contributed by atoms with Crippen LogP contribution < -0.4 is 5.73 Å². The van der Waals surface area contributed by atoms with Crippen molar-refractivity contribution >= 4 is 30.7 Å². The molecule has 4 nitrogen and oxygen atoms in total. The van der Waals surface area contributed by atoms with E-state index in [0.29, 0.717) is 18.5 Å². The molecule has 0 radical (unpaired) electrons. The van der Waals surface area contributed by atoms with E-state index in [1.165, 1.54) is 0 Å². The van der Waals surface area contributed by atoms with Crippen molar-refractivity contribution in [1.29, 1.82) is 0 Å². The van der Waals surface area contributed by atoms with E-state index in [1.807, 2.05) is 19.0 Å². The average molecular weight is 316 g/mol. The van der Waals surface area contributed by atoms with E-state index in [0.717, 1.165) is 13.0 Å². The highest BCUT2D eigenvalue weighted by atomic mass is 35.5. The van der Waals surface area contributed by atoms with Gasteiger partial charge in [-0.15, -0.1) is 24.8 Å². The Kier molecular flexibility index (Phi) is 14.9. The number of amides is 1. The molecule has 0 aromatic rings. The maximum atomic E-state index is 11.9. The molecule has 0 saturated heterocycles. The number of carbonyl (C=O) groups excluding carboxylic acids is 1. The Morgan fingerprint density at radius 3 is 1.95 bits per heavy atom. The van der Waals surface area contributed by atoms with Gasteiger partial charge in [-0.2, -0.15) is 0 Å². The minimum Gasteiger partial charge on any atom is -0.345 e. The summed E-state index contributed by atoms with van der Waals surface area (Å²) in [6.45, 7) is 9.61. The number of nitrogens with zero attached hydrogens (tertiary/aromatic N) is 2. The lowest BCUT2D eigenvalue weighted by Gasteiger charge is -2.25. The summed E-state index contributed by atoms with van der Waals surface area (Å²) in [7, 11) is 3.82. The molecule has 0 heterocycles. The minimum atomic E-state index is 0. The molecule has 1 unspecified atom stereocenters. The second-order valence-corrected chi connectivity index (χ2v) is 5.52. The Labute approximate surface area is 130 Å². The Morgan fingerprint density at radius 1 is 1.11 bits per heavy atom. The van der Waals surface area contributed by atoms with Crippen molar-refractivity contribution in [3.05, 3.63) is 0 Å². The third-order valence-corrected chi connectivity index (χ3v) is 3.35. The van der Waals surface area contributed by atoms with Crippen molar-refractivity contribution in [3.8, 4) is 0 Å². The smallest absolute Gasteiger partial charge is 0.236 e. The molecule has 0 spiro atoms. The van der Waals surface area contributed by atoms with Crippen molar-refractivity contribution in [2.24, 2.45) is 11.7 Å². The van der Waals surface area contributed by atoms with Gasteiger partial charge in [-0.3, -0.25) is 9.69 Å². The number of likely N-dealkylation sites (N-methyl/N-ethyl adjacent to an activating group) is 2. The van der Waals surface area contributed by atoms with Gasteiger partial charge in [0.05, 0.1) is 6.54 Å². The third kappa shape index (κ3) is 10.4. The van der Waals surface area contributed by atoms with E-state index in [1.54, 1.807) is 4.90 Å². The van der Waals surface area contributed by atoms with Crippen LogP contribution in [0.15, 0.2) is 0 Å². The molecule has 0 aliphatic rings. The summed E-state index contributed by atoms with van der Waals surface area (Å²) in [4.78, 5) is 15.7. The van der Waals surface area contributed by atoms with Crippen molar-refractivity contribution in [2.45, 2.75) is 46.2 Å². The second-order valence-electron chi connectivity index (χ2n) is 5.52. The molecule has 0 bridgehead atoms. The molecule has 19 heavy (non-hydrogen) atoms. The van der Waals surface area contributed by atoms with E-state index in [4.69, 9.17) is 5.73 Å². The topological polar surface area (TPSA) is 49.6 Å². The van der Waals surface area contributed by atoms with Crippen LogP contribution >= 0.6 is 24.8 Å². The highest BCUT2D eigenvalue weighted by molar-refractivity contribution is 5.85. The molecule has 0 rings (SSSR count). The lowest BCUT2D eigenvalue weighted by atomic mass is 10.0. The number of hydrogen-bond donors (Lipinski definition) is 1. The monoisotopic (exact) mass is 315 g/mol. The fourth-order valence-corrected chi connectivity index (χ4v) is 1.32. The van der Waals surface area contributed by atoms with Crippen LogP contribution in [0.3, 0.4) is 0 Å². The molecule has 0 aromatic heterocycles. The summed E-state index contributed by atoms with van der Waals surface area (Å²) >= 11 is 0. The number of nitrogens with two attached hydrogens (primary N) is 1. The fourth-order valence-electron chi connectivity index (χ4n) is 1.32. The van der Waals surface area contributed by atoms with Gasteiger partial charge in [0.25, 0.3) is 0 Å². The van der Waals surface area contributed by atoms with E-state index in [2.05, 4.69) is 27.7 Å². The predicted molar refractivity (Wildman–Crippen MR) is 87.3 cm³/mol. The number of carbonyl (C=O) groups is 1.